The Kier molecular flexibility index (Phi) is 2.56. The van der Waals surface area contributed by atoms with Crippen LogP contribution in [0.25, 0.3) is 11.4 Å². The second-order valence-corrected chi connectivity index (χ2v) is 4.07. The van der Waals surface area contributed by atoms with Crippen molar-refractivity contribution in [2.24, 2.45) is 0 Å². The van der Waals surface area contributed by atoms with E-state index in [9.17, 15) is 4.79 Å². The summed E-state index contributed by atoms with van der Waals surface area (Å²) in [5, 5.41) is 8.94. The van der Waals surface area contributed by atoms with E-state index < -0.39 is 5.97 Å². The van der Waals surface area contributed by atoms with Crippen molar-refractivity contribution < 1.29 is 19.4 Å². The van der Waals surface area contributed by atoms with Gasteiger partial charge in [0, 0.05) is 11.8 Å². The first-order valence-electron chi connectivity index (χ1n) is 5.62. The third-order valence-corrected chi connectivity index (χ3v) is 2.84. The Hall–Kier alpha value is -2.63. The molecule has 0 saturated carbocycles. The van der Waals surface area contributed by atoms with Crippen LogP contribution >= 0.6 is 0 Å². The normalized spacial score (nSPS) is 12.5. The Bertz CT molecular complexity index is 670. The number of ether oxygens (including phenoxy) is 2. The zero-order chi connectivity index (χ0) is 13.4. The van der Waals surface area contributed by atoms with Crippen molar-refractivity contribution in [3.05, 3.63) is 35.7 Å². The van der Waals surface area contributed by atoms with E-state index in [1.807, 2.05) is 6.07 Å². The number of hydrogen-bond acceptors (Lipinski definition) is 5. The molecule has 1 aliphatic rings. The lowest BCUT2D eigenvalue weighted by molar-refractivity contribution is 0.0695. The van der Waals surface area contributed by atoms with Crippen LogP contribution in [0.1, 0.15) is 16.1 Å². The quantitative estimate of drug-likeness (QED) is 0.885. The number of rotatable bonds is 2. The molecule has 1 aliphatic heterocycles. The van der Waals surface area contributed by atoms with Crippen molar-refractivity contribution >= 4 is 5.97 Å². The van der Waals surface area contributed by atoms with Crippen LogP contribution in [0.5, 0.6) is 11.5 Å². The summed E-state index contributed by atoms with van der Waals surface area (Å²) < 4.78 is 10.5. The van der Waals surface area contributed by atoms with Gasteiger partial charge in [-0.3, -0.25) is 0 Å². The molecule has 1 N–H and O–H groups in total. The molecule has 0 amide bonds. The average molecular weight is 258 g/mol. The number of carbonyl (C=O) groups is 1. The lowest BCUT2D eigenvalue weighted by Crippen LogP contribution is -2.04. The Labute approximate surface area is 108 Å². The molecule has 0 atom stereocenters. The fourth-order valence-corrected chi connectivity index (χ4v) is 1.85. The molecule has 0 bridgehead atoms. The predicted molar refractivity (Wildman–Crippen MR) is 65.3 cm³/mol. The van der Waals surface area contributed by atoms with E-state index in [1.165, 1.54) is 6.20 Å². The number of fused-ring (bicyclic) bond motifs is 1. The lowest BCUT2D eigenvalue weighted by Gasteiger charge is -2.04. The van der Waals surface area contributed by atoms with E-state index in [0.29, 0.717) is 23.0 Å². The van der Waals surface area contributed by atoms with Crippen molar-refractivity contribution in [3.63, 3.8) is 0 Å². The molecule has 2 aromatic rings. The number of aromatic carboxylic acids is 1. The van der Waals surface area contributed by atoms with Crippen molar-refractivity contribution in [2.45, 2.75) is 6.92 Å². The first-order chi connectivity index (χ1) is 9.15. The molecular weight excluding hydrogens is 248 g/mol. The van der Waals surface area contributed by atoms with Gasteiger partial charge in [0.15, 0.2) is 17.3 Å². The average Bonchev–Trinajstić information content (AvgIpc) is 2.85. The topological polar surface area (TPSA) is 81.5 Å². The smallest absolute Gasteiger partial charge is 0.339 e. The highest BCUT2D eigenvalue weighted by molar-refractivity contribution is 5.88. The number of hydrogen-bond donors (Lipinski definition) is 1. The van der Waals surface area contributed by atoms with E-state index in [1.54, 1.807) is 19.1 Å². The molecule has 0 aliphatic carbocycles. The molecule has 2 heterocycles. The molecule has 0 fully saturated rings. The number of nitrogens with zero attached hydrogens (tertiary/aromatic N) is 2. The van der Waals surface area contributed by atoms with E-state index in [-0.39, 0.29) is 12.4 Å². The molecular formula is C13H10N2O4. The molecule has 6 heteroatoms. The van der Waals surface area contributed by atoms with Crippen LogP contribution in [0.2, 0.25) is 0 Å². The van der Waals surface area contributed by atoms with Gasteiger partial charge in [-0.1, -0.05) is 0 Å². The summed E-state index contributed by atoms with van der Waals surface area (Å²) in [6.45, 7) is 1.85. The summed E-state index contributed by atoms with van der Waals surface area (Å²) in [4.78, 5) is 19.2. The standard InChI is InChI=1S/C13H10N2O4/c1-7-9(13(16)17)5-14-12(15-7)8-2-3-10-11(4-8)19-6-18-10/h2-5H,6H2,1H3,(H,16,17). The van der Waals surface area contributed by atoms with Crippen LogP contribution in [0.4, 0.5) is 0 Å². The van der Waals surface area contributed by atoms with Crippen molar-refractivity contribution in [1.29, 1.82) is 0 Å². The number of benzene rings is 1. The summed E-state index contributed by atoms with van der Waals surface area (Å²) in [7, 11) is 0. The van der Waals surface area contributed by atoms with Crippen LogP contribution in [0.3, 0.4) is 0 Å². The fourth-order valence-electron chi connectivity index (χ4n) is 1.85. The van der Waals surface area contributed by atoms with Crippen LogP contribution < -0.4 is 9.47 Å². The molecule has 1 aromatic carbocycles. The van der Waals surface area contributed by atoms with Crippen molar-refractivity contribution in [3.8, 4) is 22.9 Å². The van der Waals surface area contributed by atoms with Gasteiger partial charge in [-0.05, 0) is 25.1 Å². The second kappa shape index (κ2) is 4.24. The minimum atomic E-state index is -1.03. The molecule has 0 spiro atoms. The van der Waals surface area contributed by atoms with Gasteiger partial charge in [0.1, 0.15) is 0 Å². The monoisotopic (exact) mass is 258 g/mol. The van der Waals surface area contributed by atoms with Crippen LogP contribution in [-0.4, -0.2) is 27.8 Å². The van der Waals surface area contributed by atoms with E-state index in [4.69, 9.17) is 14.6 Å². The Morgan fingerprint density at radius 1 is 1.32 bits per heavy atom. The first kappa shape index (κ1) is 11.5. The fraction of sp³-hybridized carbons (Fsp3) is 0.154. The summed E-state index contributed by atoms with van der Waals surface area (Å²) in [6.07, 6.45) is 1.31. The molecule has 6 nitrogen and oxygen atoms in total. The predicted octanol–water partition coefficient (Wildman–Crippen LogP) is 1.88. The molecule has 96 valence electrons. The maximum absolute atomic E-state index is 10.9. The van der Waals surface area contributed by atoms with E-state index in [0.717, 1.165) is 5.56 Å². The van der Waals surface area contributed by atoms with Crippen LogP contribution in [0.15, 0.2) is 24.4 Å². The van der Waals surface area contributed by atoms with E-state index >= 15 is 0 Å². The zero-order valence-corrected chi connectivity index (χ0v) is 10.1. The highest BCUT2D eigenvalue weighted by Crippen LogP contribution is 2.35. The molecule has 19 heavy (non-hydrogen) atoms. The Morgan fingerprint density at radius 3 is 2.84 bits per heavy atom. The minimum absolute atomic E-state index is 0.101. The highest BCUT2D eigenvalue weighted by Gasteiger charge is 2.16. The lowest BCUT2D eigenvalue weighted by atomic mass is 10.1. The summed E-state index contributed by atoms with van der Waals surface area (Å²) in [5.74, 6) is 0.749. The number of aromatic nitrogens is 2. The number of carboxylic acids is 1. The molecule has 3 rings (SSSR count). The minimum Gasteiger partial charge on any atom is -0.478 e. The second-order valence-electron chi connectivity index (χ2n) is 4.07. The van der Waals surface area contributed by atoms with Gasteiger partial charge in [0.05, 0.1) is 11.3 Å². The zero-order valence-electron chi connectivity index (χ0n) is 10.1. The number of aryl methyl sites for hydroxylation is 1. The van der Waals surface area contributed by atoms with Gasteiger partial charge in [-0.25, -0.2) is 14.8 Å². The van der Waals surface area contributed by atoms with Crippen LogP contribution in [0, 0.1) is 6.92 Å². The van der Waals surface area contributed by atoms with E-state index in [2.05, 4.69) is 9.97 Å². The molecule has 0 unspecified atom stereocenters. The van der Waals surface area contributed by atoms with Crippen molar-refractivity contribution in [2.75, 3.05) is 6.79 Å². The Balaban J connectivity index is 2.03. The maximum Gasteiger partial charge on any atom is 0.339 e. The number of carboxylic acid groups (broad SMARTS) is 1. The third-order valence-electron chi connectivity index (χ3n) is 2.84. The summed E-state index contributed by atoms with van der Waals surface area (Å²) >= 11 is 0. The largest absolute Gasteiger partial charge is 0.478 e. The van der Waals surface area contributed by atoms with Gasteiger partial charge < -0.3 is 14.6 Å². The van der Waals surface area contributed by atoms with Gasteiger partial charge in [-0.2, -0.15) is 0 Å². The molecule has 0 saturated heterocycles. The summed E-state index contributed by atoms with van der Waals surface area (Å²) in [5.41, 5.74) is 1.28. The SMILES string of the molecule is Cc1nc(-c2ccc3c(c2)OCO3)ncc1C(=O)O. The first-order valence-corrected chi connectivity index (χ1v) is 5.62. The maximum atomic E-state index is 10.9. The molecule has 0 radical (unpaired) electrons. The van der Waals surface area contributed by atoms with Crippen molar-refractivity contribution in [1.82, 2.24) is 9.97 Å². The third kappa shape index (κ3) is 1.97. The van der Waals surface area contributed by atoms with Gasteiger partial charge >= 0.3 is 5.97 Å². The van der Waals surface area contributed by atoms with Crippen LogP contribution in [-0.2, 0) is 0 Å². The van der Waals surface area contributed by atoms with Gasteiger partial charge in [-0.15, -0.1) is 0 Å². The van der Waals surface area contributed by atoms with Gasteiger partial charge in [0.2, 0.25) is 6.79 Å². The highest BCUT2D eigenvalue weighted by atomic mass is 16.7. The Morgan fingerprint density at radius 2 is 2.11 bits per heavy atom. The van der Waals surface area contributed by atoms with Gasteiger partial charge in [0.25, 0.3) is 0 Å². The summed E-state index contributed by atoms with van der Waals surface area (Å²) in [6, 6.07) is 5.36. The molecule has 1 aromatic heterocycles.